The van der Waals surface area contributed by atoms with Crippen LogP contribution in [0.3, 0.4) is 0 Å². The quantitative estimate of drug-likeness (QED) is 0.123. The molecule has 2 fully saturated rings. The highest BCUT2D eigenvalue weighted by atomic mass is 19.4. The number of anilines is 3. The average molecular weight is 717 g/mol. The Labute approximate surface area is 294 Å². The fraction of sp³-hybridized carbons (Fsp3) is 0.343. The van der Waals surface area contributed by atoms with Crippen molar-refractivity contribution in [2.75, 3.05) is 43.3 Å². The van der Waals surface area contributed by atoms with Crippen LogP contribution >= 0.6 is 0 Å². The Hall–Kier alpha value is -5.84. The monoisotopic (exact) mass is 716 g/mol. The third-order valence-electron chi connectivity index (χ3n) is 9.84. The molecule has 0 spiro atoms. The van der Waals surface area contributed by atoms with Gasteiger partial charge in [0.2, 0.25) is 0 Å². The predicted octanol–water partition coefficient (Wildman–Crippen LogP) is 6.53. The van der Waals surface area contributed by atoms with Gasteiger partial charge in [0.15, 0.2) is 17.2 Å². The van der Waals surface area contributed by atoms with Crippen molar-refractivity contribution < 1.29 is 32.0 Å². The van der Waals surface area contributed by atoms with Crippen molar-refractivity contribution in [1.82, 2.24) is 34.4 Å². The molecule has 0 radical (unpaired) electrons. The normalized spacial score (nSPS) is 15.9. The lowest BCUT2D eigenvalue weighted by molar-refractivity contribution is -0.165. The first-order chi connectivity index (χ1) is 25.2. The van der Waals surface area contributed by atoms with E-state index in [1.807, 2.05) is 28.7 Å². The SMILES string of the molecule is COc1ccc(CNc2ncnc3c2c(-c2ccc(NC(=O)Nc4cc(C5(C(F)(F)F)CC5)on4)c4nccn24)cn3C2CCNCC2)c(OC)c1. The van der Waals surface area contributed by atoms with Crippen LogP contribution in [0.2, 0.25) is 0 Å². The number of imidazole rings is 1. The van der Waals surface area contributed by atoms with Gasteiger partial charge in [-0.3, -0.25) is 9.72 Å². The first kappa shape index (κ1) is 33.3. The van der Waals surface area contributed by atoms with Gasteiger partial charge in [-0.2, -0.15) is 13.2 Å². The molecule has 270 valence electrons. The number of aromatic nitrogens is 6. The van der Waals surface area contributed by atoms with Crippen molar-refractivity contribution in [3.63, 3.8) is 0 Å². The number of amides is 2. The van der Waals surface area contributed by atoms with Crippen molar-refractivity contribution in [1.29, 1.82) is 0 Å². The number of ether oxygens (including phenoxy) is 2. The van der Waals surface area contributed by atoms with E-state index >= 15 is 0 Å². The topological polar surface area (TPSA) is 158 Å². The van der Waals surface area contributed by atoms with E-state index in [-0.39, 0.29) is 30.5 Å². The number of hydrogen-bond donors (Lipinski definition) is 4. The molecule has 1 aliphatic carbocycles. The molecule has 1 saturated heterocycles. The van der Waals surface area contributed by atoms with E-state index in [0.29, 0.717) is 35.2 Å². The number of hydrogen-bond acceptors (Lipinski definition) is 10. The van der Waals surface area contributed by atoms with E-state index in [1.54, 1.807) is 39.0 Å². The molecule has 4 N–H and O–H groups in total. The summed E-state index contributed by atoms with van der Waals surface area (Å²) in [5.41, 5.74) is 2.08. The summed E-state index contributed by atoms with van der Waals surface area (Å²) in [7, 11) is 3.22. The van der Waals surface area contributed by atoms with Gasteiger partial charge >= 0.3 is 12.2 Å². The molecule has 14 nitrogen and oxygen atoms in total. The Morgan fingerprint density at radius 1 is 1.04 bits per heavy atom. The van der Waals surface area contributed by atoms with Crippen molar-refractivity contribution in [3.8, 4) is 22.8 Å². The largest absolute Gasteiger partial charge is 0.497 e. The van der Waals surface area contributed by atoms with Crippen molar-refractivity contribution in [2.24, 2.45) is 0 Å². The zero-order chi connectivity index (χ0) is 36.0. The van der Waals surface area contributed by atoms with E-state index < -0.39 is 17.6 Å². The summed E-state index contributed by atoms with van der Waals surface area (Å²) in [6, 6.07) is 9.85. The summed E-state index contributed by atoms with van der Waals surface area (Å²) < 4.78 is 60.7. The number of carbonyl (C=O) groups excluding carboxylic acids is 1. The molecule has 1 aromatic carbocycles. The zero-order valence-electron chi connectivity index (χ0n) is 28.3. The number of nitrogens with zero attached hydrogens (tertiary/aromatic N) is 6. The summed E-state index contributed by atoms with van der Waals surface area (Å²) in [6.07, 6.45) is 4.29. The zero-order valence-corrected chi connectivity index (χ0v) is 28.3. The van der Waals surface area contributed by atoms with Crippen LogP contribution in [0.15, 0.2) is 65.8 Å². The second kappa shape index (κ2) is 13.0. The number of rotatable bonds is 10. The van der Waals surface area contributed by atoms with Crippen molar-refractivity contribution in [3.05, 3.63) is 72.6 Å². The molecular weight excluding hydrogens is 681 g/mol. The van der Waals surface area contributed by atoms with Crippen molar-refractivity contribution in [2.45, 2.75) is 49.9 Å². The second-order valence-electron chi connectivity index (χ2n) is 12.9. The molecule has 0 unspecified atom stereocenters. The van der Waals surface area contributed by atoms with Gasteiger partial charge in [0, 0.05) is 54.4 Å². The molecule has 52 heavy (non-hydrogen) atoms. The van der Waals surface area contributed by atoms with Gasteiger partial charge < -0.3 is 34.5 Å². The molecule has 6 aromatic rings. The number of urea groups is 1. The number of pyridine rings is 1. The minimum absolute atomic E-state index is 0.0842. The average Bonchev–Trinajstić information content (AvgIpc) is 3.44. The first-order valence-corrected chi connectivity index (χ1v) is 16.8. The number of benzene rings is 1. The molecule has 6 heterocycles. The molecular formula is C35H35F3N10O4. The van der Waals surface area contributed by atoms with E-state index in [1.165, 1.54) is 0 Å². The summed E-state index contributed by atoms with van der Waals surface area (Å²) in [6.45, 7) is 2.19. The molecule has 2 aliphatic rings. The maximum Gasteiger partial charge on any atom is 0.401 e. The molecule has 0 atom stereocenters. The van der Waals surface area contributed by atoms with Gasteiger partial charge in [-0.1, -0.05) is 5.16 Å². The number of methoxy groups -OCH3 is 2. The fourth-order valence-corrected chi connectivity index (χ4v) is 6.91. The summed E-state index contributed by atoms with van der Waals surface area (Å²) in [5.74, 6) is 1.54. The predicted molar refractivity (Wildman–Crippen MR) is 186 cm³/mol. The van der Waals surface area contributed by atoms with Crippen molar-refractivity contribution >= 4 is 40.0 Å². The summed E-state index contributed by atoms with van der Waals surface area (Å²) in [4.78, 5) is 27.0. The Kier molecular flexibility index (Phi) is 8.36. The number of alkyl halides is 3. The molecule has 1 aliphatic heterocycles. The third kappa shape index (κ3) is 5.89. The Morgan fingerprint density at radius 3 is 2.62 bits per heavy atom. The minimum Gasteiger partial charge on any atom is -0.497 e. The molecule has 5 aromatic heterocycles. The van der Waals surface area contributed by atoms with Crippen LogP contribution < -0.4 is 30.7 Å². The number of nitrogens with one attached hydrogen (secondary N) is 4. The molecule has 8 rings (SSSR count). The Morgan fingerprint density at radius 2 is 1.87 bits per heavy atom. The number of halogens is 3. The second-order valence-corrected chi connectivity index (χ2v) is 12.9. The highest BCUT2D eigenvalue weighted by molar-refractivity contribution is 6.03. The van der Waals surface area contributed by atoms with Gasteiger partial charge in [-0.05, 0) is 63.0 Å². The maximum absolute atomic E-state index is 13.6. The van der Waals surface area contributed by atoms with Crippen LogP contribution in [-0.4, -0.2) is 68.6 Å². The molecule has 2 amide bonds. The molecule has 1 saturated carbocycles. The molecule has 17 heteroatoms. The minimum atomic E-state index is -4.47. The lowest BCUT2D eigenvalue weighted by Gasteiger charge is -2.24. The number of carbonyl (C=O) groups is 1. The van der Waals surface area contributed by atoms with Gasteiger partial charge in [-0.25, -0.2) is 19.7 Å². The highest BCUT2D eigenvalue weighted by Crippen LogP contribution is 2.59. The Bertz CT molecular complexity index is 2270. The van der Waals surface area contributed by atoms with Crippen LogP contribution in [0, 0.1) is 0 Å². The van der Waals surface area contributed by atoms with Crippen LogP contribution in [0.1, 0.15) is 43.0 Å². The summed E-state index contributed by atoms with van der Waals surface area (Å²) in [5, 5.41) is 16.6. The standard InChI is InChI=1S/C35H35F3N10O4/c1-50-22-4-3-20(26(15-22)51-2)17-41-30-29-23(18-48(32(29)43-19-42-30)21-7-11-39-12-8-21)25-6-5-24(31-40-13-14-47(25)31)44-33(49)45-28-16-27(52-46-28)34(9-10-34)35(36,37)38/h3-6,13-16,18-19,21,39H,7-12,17H2,1-2H3,(H,41,42,43)(H2,44,45,46,49). The van der Waals surface area contributed by atoms with Crippen LogP contribution in [0.4, 0.5) is 35.3 Å². The maximum atomic E-state index is 13.6. The molecule has 0 bridgehead atoms. The smallest absolute Gasteiger partial charge is 0.401 e. The van der Waals surface area contributed by atoms with E-state index in [0.717, 1.165) is 59.9 Å². The van der Waals surface area contributed by atoms with Crippen LogP contribution in [0.5, 0.6) is 11.5 Å². The van der Waals surface area contributed by atoms with E-state index in [9.17, 15) is 18.0 Å². The lowest BCUT2D eigenvalue weighted by Crippen LogP contribution is -2.29. The fourth-order valence-electron chi connectivity index (χ4n) is 6.91. The number of piperidine rings is 1. The van der Waals surface area contributed by atoms with E-state index in [4.69, 9.17) is 19.0 Å². The van der Waals surface area contributed by atoms with E-state index in [2.05, 4.69) is 47.2 Å². The van der Waals surface area contributed by atoms with Crippen LogP contribution in [-0.2, 0) is 12.0 Å². The first-order valence-electron chi connectivity index (χ1n) is 16.8. The van der Waals surface area contributed by atoms with Crippen LogP contribution in [0.25, 0.3) is 27.9 Å². The third-order valence-corrected chi connectivity index (χ3v) is 9.84. The Balaban J connectivity index is 1.12. The van der Waals surface area contributed by atoms with Gasteiger partial charge in [0.05, 0.1) is 31.0 Å². The lowest BCUT2D eigenvalue weighted by atomic mass is 10.0. The van der Waals surface area contributed by atoms with Gasteiger partial charge in [0.25, 0.3) is 0 Å². The van der Waals surface area contributed by atoms with Gasteiger partial charge in [-0.15, -0.1) is 0 Å². The highest BCUT2D eigenvalue weighted by Gasteiger charge is 2.67. The summed E-state index contributed by atoms with van der Waals surface area (Å²) >= 11 is 0. The number of fused-ring (bicyclic) bond motifs is 2. The van der Waals surface area contributed by atoms with Gasteiger partial charge in [0.1, 0.15) is 34.7 Å².